The van der Waals surface area contributed by atoms with Crippen molar-refractivity contribution in [2.24, 2.45) is 7.05 Å². The zero-order valence-corrected chi connectivity index (χ0v) is 16.2. The van der Waals surface area contributed by atoms with E-state index in [0.717, 1.165) is 32.9 Å². The highest BCUT2D eigenvalue weighted by Gasteiger charge is 2.11. The number of hydrogen-bond acceptors (Lipinski definition) is 6. The normalized spacial score (nSPS) is 10.8. The van der Waals surface area contributed by atoms with E-state index in [2.05, 4.69) is 14.7 Å². The molecule has 0 aliphatic rings. The van der Waals surface area contributed by atoms with Crippen LogP contribution < -0.4 is 10.1 Å². The number of imidazole rings is 1. The molecule has 142 valence electrons. The number of aryl methyl sites for hydroxylation is 1. The fourth-order valence-corrected chi connectivity index (χ4v) is 3.51. The summed E-state index contributed by atoms with van der Waals surface area (Å²) in [5.74, 6) is 0.753. The van der Waals surface area contributed by atoms with Crippen molar-refractivity contribution in [3.63, 3.8) is 0 Å². The SMILES string of the molecule is COc1ccccc1-c1cc(COC(=O)Nc2ccc3c(c2)ncn3C)sn1. The first kappa shape index (κ1) is 18.0. The number of hydrogen-bond donors (Lipinski definition) is 1. The molecule has 2 aromatic carbocycles. The average Bonchev–Trinajstić information content (AvgIpc) is 3.33. The van der Waals surface area contributed by atoms with E-state index in [1.807, 2.05) is 60.1 Å². The summed E-state index contributed by atoms with van der Waals surface area (Å²) in [4.78, 5) is 17.2. The van der Waals surface area contributed by atoms with Gasteiger partial charge in [-0.1, -0.05) is 12.1 Å². The van der Waals surface area contributed by atoms with Gasteiger partial charge in [0.25, 0.3) is 0 Å². The molecule has 0 saturated heterocycles. The monoisotopic (exact) mass is 394 g/mol. The quantitative estimate of drug-likeness (QED) is 0.541. The van der Waals surface area contributed by atoms with Crippen LogP contribution in [0.4, 0.5) is 10.5 Å². The number of fused-ring (bicyclic) bond motifs is 1. The predicted octanol–water partition coefficient (Wildman–Crippen LogP) is 4.45. The summed E-state index contributed by atoms with van der Waals surface area (Å²) in [7, 11) is 3.55. The first-order chi connectivity index (χ1) is 13.6. The molecule has 4 aromatic rings. The predicted molar refractivity (Wildman–Crippen MR) is 109 cm³/mol. The number of amides is 1. The minimum atomic E-state index is -0.525. The Morgan fingerprint density at radius 3 is 2.93 bits per heavy atom. The summed E-state index contributed by atoms with van der Waals surface area (Å²) in [6.45, 7) is 0.143. The largest absolute Gasteiger partial charge is 0.496 e. The number of carbonyl (C=O) groups is 1. The molecule has 4 rings (SSSR count). The van der Waals surface area contributed by atoms with Crippen LogP contribution in [0.1, 0.15) is 4.88 Å². The molecule has 2 heterocycles. The van der Waals surface area contributed by atoms with Crippen molar-refractivity contribution in [3.8, 4) is 17.0 Å². The minimum Gasteiger partial charge on any atom is -0.496 e. The summed E-state index contributed by atoms with van der Waals surface area (Å²) >= 11 is 1.29. The molecular formula is C20H18N4O3S. The molecule has 2 aromatic heterocycles. The van der Waals surface area contributed by atoms with E-state index in [0.29, 0.717) is 5.69 Å². The molecule has 0 atom stereocenters. The number of para-hydroxylation sites is 1. The van der Waals surface area contributed by atoms with Gasteiger partial charge in [-0.05, 0) is 47.9 Å². The maximum absolute atomic E-state index is 12.1. The zero-order chi connectivity index (χ0) is 19.5. The fraction of sp³-hybridized carbons (Fsp3) is 0.150. The van der Waals surface area contributed by atoms with E-state index in [4.69, 9.17) is 9.47 Å². The third kappa shape index (κ3) is 3.67. The van der Waals surface area contributed by atoms with Gasteiger partial charge in [0.1, 0.15) is 12.4 Å². The summed E-state index contributed by atoms with van der Waals surface area (Å²) in [5, 5.41) is 2.72. The molecule has 28 heavy (non-hydrogen) atoms. The lowest BCUT2D eigenvalue weighted by Gasteiger charge is -2.06. The Balaban J connectivity index is 1.39. The van der Waals surface area contributed by atoms with E-state index in [1.54, 1.807) is 13.4 Å². The smallest absolute Gasteiger partial charge is 0.411 e. The Bertz CT molecular complexity index is 1140. The molecule has 0 aliphatic carbocycles. The van der Waals surface area contributed by atoms with Gasteiger partial charge < -0.3 is 14.0 Å². The second-order valence-corrected chi connectivity index (χ2v) is 7.03. The maximum Gasteiger partial charge on any atom is 0.411 e. The van der Waals surface area contributed by atoms with Crippen LogP contribution in [0.25, 0.3) is 22.3 Å². The van der Waals surface area contributed by atoms with Crippen molar-refractivity contribution < 1.29 is 14.3 Å². The van der Waals surface area contributed by atoms with Crippen molar-refractivity contribution in [3.05, 3.63) is 59.7 Å². The van der Waals surface area contributed by atoms with Crippen LogP contribution in [-0.4, -0.2) is 27.1 Å². The van der Waals surface area contributed by atoms with Gasteiger partial charge in [0.2, 0.25) is 0 Å². The molecule has 0 fully saturated rings. The standard InChI is InChI=1S/C20H18N4O3S/c1-24-12-21-17-9-13(7-8-18(17)24)22-20(25)27-11-14-10-16(23-28-14)15-5-3-4-6-19(15)26-2/h3-10,12H,11H2,1-2H3,(H,22,25). The van der Waals surface area contributed by atoms with Gasteiger partial charge in [-0.2, -0.15) is 4.37 Å². The number of aromatic nitrogens is 3. The number of anilines is 1. The molecule has 0 unspecified atom stereocenters. The Morgan fingerprint density at radius 1 is 1.21 bits per heavy atom. The molecular weight excluding hydrogens is 376 g/mol. The van der Waals surface area contributed by atoms with Gasteiger partial charge in [-0.15, -0.1) is 0 Å². The number of rotatable bonds is 5. The molecule has 7 nitrogen and oxygen atoms in total. The van der Waals surface area contributed by atoms with E-state index in [1.165, 1.54) is 11.5 Å². The van der Waals surface area contributed by atoms with Crippen molar-refractivity contribution in [2.75, 3.05) is 12.4 Å². The van der Waals surface area contributed by atoms with Gasteiger partial charge in [0, 0.05) is 18.3 Å². The highest BCUT2D eigenvalue weighted by molar-refractivity contribution is 7.06. The minimum absolute atomic E-state index is 0.143. The van der Waals surface area contributed by atoms with E-state index in [9.17, 15) is 4.79 Å². The van der Waals surface area contributed by atoms with Crippen LogP contribution >= 0.6 is 11.5 Å². The van der Waals surface area contributed by atoms with Gasteiger partial charge in [-0.25, -0.2) is 9.78 Å². The second kappa shape index (κ2) is 7.69. The highest BCUT2D eigenvalue weighted by atomic mass is 32.1. The maximum atomic E-state index is 12.1. The number of nitrogens with one attached hydrogen (secondary N) is 1. The number of ether oxygens (including phenoxy) is 2. The topological polar surface area (TPSA) is 78.3 Å². The Labute approximate surface area is 165 Å². The zero-order valence-electron chi connectivity index (χ0n) is 15.4. The molecule has 0 radical (unpaired) electrons. The lowest BCUT2D eigenvalue weighted by molar-refractivity contribution is 0.156. The Morgan fingerprint density at radius 2 is 2.07 bits per heavy atom. The first-order valence-electron chi connectivity index (χ1n) is 8.58. The summed E-state index contributed by atoms with van der Waals surface area (Å²) in [6.07, 6.45) is 1.21. The molecule has 1 N–H and O–H groups in total. The van der Waals surface area contributed by atoms with Crippen molar-refractivity contribution in [1.82, 2.24) is 13.9 Å². The van der Waals surface area contributed by atoms with Crippen LogP contribution in [0.3, 0.4) is 0 Å². The van der Waals surface area contributed by atoms with Crippen LogP contribution in [0.5, 0.6) is 5.75 Å². The van der Waals surface area contributed by atoms with Crippen LogP contribution in [-0.2, 0) is 18.4 Å². The van der Waals surface area contributed by atoms with E-state index >= 15 is 0 Å². The van der Waals surface area contributed by atoms with Crippen molar-refractivity contribution >= 4 is 34.3 Å². The van der Waals surface area contributed by atoms with Crippen molar-refractivity contribution in [1.29, 1.82) is 0 Å². The van der Waals surface area contributed by atoms with Gasteiger partial charge in [0.15, 0.2) is 0 Å². The number of nitrogens with zero attached hydrogens (tertiary/aromatic N) is 3. The lowest BCUT2D eigenvalue weighted by Crippen LogP contribution is -2.13. The lowest BCUT2D eigenvalue weighted by atomic mass is 10.1. The van der Waals surface area contributed by atoms with Gasteiger partial charge >= 0.3 is 6.09 Å². The second-order valence-electron chi connectivity index (χ2n) is 6.14. The van der Waals surface area contributed by atoms with E-state index < -0.39 is 6.09 Å². The molecule has 0 aliphatic heterocycles. The van der Waals surface area contributed by atoms with Crippen LogP contribution in [0, 0.1) is 0 Å². The van der Waals surface area contributed by atoms with E-state index in [-0.39, 0.29) is 6.61 Å². The third-order valence-corrected chi connectivity index (χ3v) is 5.02. The Hall–Kier alpha value is -3.39. The first-order valence-corrected chi connectivity index (χ1v) is 9.35. The summed E-state index contributed by atoms with van der Waals surface area (Å²) < 4.78 is 17.0. The van der Waals surface area contributed by atoms with Crippen LogP contribution in [0.15, 0.2) is 54.9 Å². The number of methoxy groups -OCH3 is 1. The average molecular weight is 394 g/mol. The molecule has 1 amide bonds. The van der Waals surface area contributed by atoms with Gasteiger partial charge in [-0.3, -0.25) is 5.32 Å². The Kier molecular flexibility index (Phi) is 4.94. The molecule has 0 saturated carbocycles. The summed E-state index contributed by atoms with van der Waals surface area (Å²) in [5.41, 5.74) is 4.13. The van der Waals surface area contributed by atoms with Gasteiger partial charge in [0.05, 0.1) is 35.0 Å². The number of benzene rings is 2. The fourth-order valence-electron chi connectivity index (χ4n) is 2.87. The van der Waals surface area contributed by atoms with Crippen molar-refractivity contribution in [2.45, 2.75) is 6.61 Å². The number of carbonyl (C=O) groups excluding carboxylic acids is 1. The molecule has 0 spiro atoms. The van der Waals surface area contributed by atoms with Crippen LogP contribution in [0.2, 0.25) is 0 Å². The molecule has 8 heteroatoms. The third-order valence-electron chi connectivity index (χ3n) is 4.26. The molecule has 0 bridgehead atoms. The summed E-state index contributed by atoms with van der Waals surface area (Å²) in [6, 6.07) is 15.1. The highest BCUT2D eigenvalue weighted by Crippen LogP contribution is 2.30.